The minimum atomic E-state index is -0.787. The Morgan fingerprint density at radius 2 is 1.88 bits per heavy atom. The molecule has 1 heterocycles. The summed E-state index contributed by atoms with van der Waals surface area (Å²) in [6.07, 6.45) is 1.89. The summed E-state index contributed by atoms with van der Waals surface area (Å²) in [7, 11) is 2.06. The molecule has 0 aromatic rings. The third-order valence-corrected chi connectivity index (χ3v) is 3.18. The van der Waals surface area contributed by atoms with E-state index in [0.29, 0.717) is 19.3 Å². The van der Waals surface area contributed by atoms with Crippen molar-refractivity contribution in [1.29, 1.82) is 0 Å². The van der Waals surface area contributed by atoms with Gasteiger partial charge in [-0.3, -0.25) is 9.59 Å². The van der Waals surface area contributed by atoms with E-state index in [2.05, 4.69) is 18.9 Å². The van der Waals surface area contributed by atoms with Crippen molar-refractivity contribution in [3.8, 4) is 0 Å². The molecular weight excluding hydrogens is 220 g/mol. The molecule has 5 heteroatoms. The third kappa shape index (κ3) is 4.73. The predicted molar refractivity (Wildman–Crippen MR) is 64.8 cm³/mol. The maximum atomic E-state index is 11.9. The van der Waals surface area contributed by atoms with Crippen LogP contribution in [0.1, 0.15) is 32.6 Å². The van der Waals surface area contributed by atoms with Crippen molar-refractivity contribution in [1.82, 2.24) is 9.80 Å². The molecule has 1 amide bonds. The summed E-state index contributed by atoms with van der Waals surface area (Å²) in [5, 5.41) is 8.50. The van der Waals surface area contributed by atoms with Gasteiger partial charge in [-0.05, 0) is 26.8 Å². The average Bonchev–Trinajstić information content (AvgIpc) is 2.23. The van der Waals surface area contributed by atoms with E-state index < -0.39 is 5.97 Å². The molecule has 1 fully saturated rings. The zero-order chi connectivity index (χ0) is 12.8. The molecule has 1 rings (SSSR count). The first-order valence-corrected chi connectivity index (χ1v) is 6.20. The Labute approximate surface area is 102 Å². The number of piperazine rings is 1. The summed E-state index contributed by atoms with van der Waals surface area (Å²) in [6, 6.07) is 0.265. The van der Waals surface area contributed by atoms with Gasteiger partial charge in [-0.1, -0.05) is 0 Å². The van der Waals surface area contributed by atoms with Crippen LogP contribution in [-0.2, 0) is 9.59 Å². The minimum Gasteiger partial charge on any atom is -0.481 e. The van der Waals surface area contributed by atoms with Crippen molar-refractivity contribution in [2.45, 2.75) is 38.6 Å². The summed E-state index contributed by atoms with van der Waals surface area (Å²) in [4.78, 5) is 26.4. The van der Waals surface area contributed by atoms with E-state index in [1.807, 2.05) is 4.90 Å². The van der Waals surface area contributed by atoms with E-state index in [1.165, 1.54) is 0 Å². The molecular formula is C12H22N2O3. The number of carbonyl (C=O) groups excluding carboxylic acids is 1. The second-order valence-corrected chi connectivity index (χ2v) is 4.80. The third-order valence-electron chi connectivity index (χ3n) is 3.18. The fourth-order valence-electron chi connectivity index (χ4n) is 2.21. The van der Waals surface area contributed by atoms with Crippen LogP contribution in [0.2, 0.25) is 0 Å². The Kier molecular flexibility index (Phi) is 5.41. The van der Waals surface area contributed by atoms with Crippen molar-refractivity contribution in [3.63, 3.8) is 0 Å². The van der Waals surface area contributed by atoms with Gasteiger partial charge in [0.2, 0.25) is 5.91 Å². The Hall–Kier alpha value is -1.10. The van der Waals surface area contributed by atoms with Crippen LogP contribution < -0.4 is 0 Å². The zero-order valence-corrected chi connectivity index (χ0v) is 10.7. The van der Waals surface area contributed by atoms with Gasteiger partial charge >= 0.3 is 5.97 Å². The van der Waals surface area contributed by atoms with Gasteiger partial charge in [-0.2, -0.15) is 0 Å². The van der Waals surface area contributed by atoms with Crippen molar-refractivity contribution in [2.75, 3.05) is 26.7 Å². The highest BCUT2D eigenvalue weighted by molar-refractivity contribution is 5.76. The molecule has 1 unspecified atom stereocenters. The number of hydrogen-bond donors (Lipinski definition) is 1. The Morgan fingerprint density at radius 1 is 1.24 bits per heavy atom. The molecule has 1 atom stereocenters. The van der Waals surface area contributed by atoms with Crippen molar-refractivity contribution in [3.05, 3.63) is 0 Å². The Bertz CT molecular complexity index is 281. The number of unbranched alkanes of at least 4 members (excludes halogenated alkanes) is 1. The smallest absolute Gasteiger partial charge is 0.303 e. The van der Waals surface area contributed by atoms with Gasteiger partial charge < -0.3 is 14.9 Å². The van der Waals surface area contributed by atoms with Gasteiger partial charge in [0.1, 0.15) is 0 Å². The fraction of sp³-hybridized carbons (Fsp3) is 0.833. The Balaban J connectivity index is 2.25. The average molecular weight is 242 g/mol. The fourth-order valence-corrected chi connectivity index (χ4v) is 2.21. The van der Waals surface area contributed by atoms with Crippen LogP contribution in [-0.4, -0.2) is 59.5 Å². The number of nitrogens with zero attached hydrogens (tertiary/aromatic N) is 2. The van der Waals surface area contributed by atoms with Crippen molar-refractivity contribution < 1.29 is 14.7 Å². The van der Waals surface area contributed by atoms with E-state index in [0.717, 1.165) is 19.6 Å². The molecule has 1 aliphatic rings. The molecule has 17 heavy (non-hydrogen) atoms. The van der Waals surface area contributed by atoms with E-state index in [1.54, 1.807) is 0 Å². The number of hydrogen-bond acceptors (Lipinski definition) is 3. The van der Waals surface area contributed by atoms with Crippen LogP contribution in [0.5, 0.6) is 0 Å². The SMILES string of the molecule is CC1CN(C)CCN1C(=O)CCCCC(=O)O. The van der Waals surface area contributed by atoms with Gasteiger partial charge in [-0.15, -0.1) is 0 Å². The molecule has 1 aliphatic heterocycles. The van der Waals surface area contributed by atoms with Crippen LogP contribution >= 0.6 is 0 Å². The van der Waals surface area contributed by atoms with Crippen LogP contribution in [0.3, 0.4) is 0 Å². The van der Waals surface area contributed by atoms with Gasteiger partial charge in [0.15, 0.2) is 0 Å². The standard InChI is InChI=1S/C12H22N2O3/c1-10-9-13(2)7-8-14(10)11(15)5-3-4-6-12(16)17/h10H,3-9H2,1-2H3,(H,16,17). The summed E-state index contributed by atoms with van der Waals surface area (Å²) in [5.41, 5.74) is 0. The second kappa shape index (κ2) is 6.59. The van der Waals surface area contributed by atoms with Crippen molar-refractivity contribution in [2.24, 2.45) is 0 Å². The molecule has 0 aromatic carbocycles. The zero-order valence-electron chi connectivity index (χ0n) is 10.7. The van der Waals surface area contributed by atoms with Crippen LogP contribution in [0, 0.1) is 0 Å². The topological polar surface area (TPSA) is 60.9 Å². The maximum Gasteiger partial charge on any atom is 0.303 e. The monoisotopic (exact) mass is 242 g/mol. The van der Waals surface area contributed by atoms with E-state index >= 15 is 0 Å². The quantitative estimate of drug-likeness (QED) is 0.724. The lowest BCUT2D eigenvalue weighted by Gasteiger charge is -2.38. The highest BCUT2D eigenvalue weighted by atomic mass is 16.4. The Morgan fingerprint density at radius 3 is 2.47 bits per heavy atom. The van der Waals surface area contributed by atoms with Crippen LogP contribution in [0.4, 0.5) is 0 Å². The van der Waals surface area contributed by atoms with Gasteiger partial charge in [0.05, 0.1) is 0 Å². The van der Waals surface area contributed by atoms with Crippen LogP contribution in [0.25, 0.3) is 0 Å². The minimum absolute atomic E-state index is 0.158. The second-order valence-electron chi connectivity index (χ2n) is 4.80. The molecule has 1 saturated heterocycles. The number of rotatable bonds is 5. The number of aliphatic carboxylic acids is 1. The molecule has 0 spiro atoms. The first-order chi connectivity index (χ1) is 8.00. The summed E-state index contributed by atoms with van der Waals surface area (Å²) < 4.78 is 0. The molecule has 0 aromatic heterocycles. The molecule has 98 valence electrons. The summed E-state index contributed by atoms with van der Waals surface area (Å²) in [5.74, 6) is -0.624. The predicted octanol–water partition coefficient (Wildman–Crippen LogP) is 0.794. The van der Waals surface area contributed by atoms with E-state index in [9.17, 15) is 9.59 Å². The van der Waals surface area contributed by atoms with Crippen LogP contribution in [0.15, 0.2) is 0 Å². The summed E-state index contributed by atoms with van der Waals surface area (Å²) >= 11 is 0. The largest absolute Gasteiger partial charge is 0.481 e. The number of carboxylic acid groups (broad SMARTS) is 1. The number of carbonyl (C=O) groups is 2. The lowest BCUT2D eigenvalue weighted by atomic mass is 10.1. The molecule has 0 saturated carbocycles. The van der Waals surface area contributed by atoms with Crippen molar-refractivity contribution >= 4 is 11.9 Å². The molecule has 5 nitrogen and oxygen atoms in total. The maximum absolute atomic E-state index is 11.9. The molecule has 1 N–H and O–H groups in total. The highest BCUT2D eigenvalue weighted by Gasteiger charge is 2.24. The highest BCUT2D eigenvalue weighted by Crippen LogP contribution is 2.11. The number of likely N-dealkylation sites (N-methyl/N-ethyl adjacent to an activating group) is 1. The van der Waals surface area contributed by atoms with Gasteiger partial charge in [0.25, 0.3) is 0 Å². The first kappa shape index (κ1) is 14.0. The van der Waals surface area contributed by atoms with E-state index in [-0.39, 0.29) is 18.4 Å². The number of amides is 1. The first-order valence-electron chi connectivity index (χ1n) is 6.20. The van der Waals surface area contributed by atoms with Gasteiger partial charge in [-0.25, -0.2) is 0 Å². The molecule has 0 aliphatic carbocycles. The number of carboxylic acids is 1. The normalized spacial score (nSPS) is 21.5. The lowest BCUT2D eigenvalue weighted by Crippen LogP contribution is -2.52. The molecule has 0 bridgehead atoms. The van der Waals surface area contributed by atoms with Gasteiger partial charge in [0, 0.05) is 38.5 Å². The lowest BCUT2D eigenvalue weighted by molar-refractivity contribution is -0.138. The summed E-state index contributed by atoms with van der Waals surface area (Å²) in [6.45, 7) is 4.69. The molecule has 0 radical (unpaired) electrons. The van der Waals surface area contributed by atoms with E-state index in [4.69, 9.17) is 5.11 Å².